The summed E-state index contributed by atoms with van der Waals surface area (Å²) >= 11 is 0. The molecule has 1 atom stereocenters. The van der Waals surface area contributed by atoms with Crippen LogP contribution in [-0.2, 0) is 0 Å². The van der Waals surface area contributed by atoms with Gasteiger partial charge in [0.2, 0.25) is 0 Å². The van der Waals surface area contributed by atoms with Crippen molar-refractivity contribution >= 4 is 5.91 Å². The Bertz CT molecular complexity index is 661. The molecule has 1 unspecified atom stereocenters. The third-order valence-corrected chi connectivity index (χ3v) is 4.29. The normalized spacial score (nSPS) is 17.4. The van der Waals surface area contributed by atoms with Crippen LogP contribution in [0.15, 0.2) is 34.9 Å². The lowest BCUT2D eigenvalue weighted by molar-refractivity contribution is 0.0691. The van der Waals surface area contributed by atoms with Crippen molar-refractivity contribution in [2.24, 2.45) is 0 Å². The van der Waals surface area contributed by atoms with E-state index < -0.39 is 0 Å². The highest BCUT2D eigenvalue weighted by molar-refractivity contribution is 5.95. The van der Waals surface area contributed by atoms with Crippen LogP contribution in [0.1, 0.15) is 35.8 Å². The van der Waals surface area contributed by atoms with Gasteiger partial charge in [-0.05, 0) is 50.6 Å². The number of amides is 1. The van der Waals surface area contributed by atoms with Crippen molar-refractivity contribution in [3.8, 4) is 11.5 Å². The van der Waals surface area contributed by atoms with E-state index in [1.54, 1.807) is 6.26 Å². The van der Waals surface area contributed by atoms with Gasteiger partial charge in [0.25, 0.3) is 5.91 Å². The van der Waals surface area contributed by atoms with Crippen LogP contribution in [0.5, 0.6) is 0 Å². The van der Waals surface area contributed by atoms with Crippen molar-refractivity contribution in [1.82, 2.24) is 15.2 Å². The number of carbonyl (C=O) groups excluding carboxylic acids is 1. The fraction of sp³-hybridized carbons (Fsp3) is 0.444. The summed E-state index contributed by atoms with van der Waals surface area (Å²) in [4.78, 5) is 19.5. The Labute approximate surface area is 136 Å². The van der Waals surface area contributed by atoms with Crippen molar-refractivity contribution in [2.45, 2.75) is 32.7 Å². The first-order valence-electron chi connectivity index (χ1n) is 8.24. The molecule has 122 valence electrons. The summed E-state index contributed by atoms with van der Waals surface area (Å²) in [5.41, 5.74) is 2.19. The minimum atomic E-state index is 0.0801. The molecular formula is C18H23N3O2. The summed E-state index contributed by atoms with van der Waals surface area (Å²) in [6.45, 7) is 6.63. The molecule has 3 heterocycles. The topological polar surface area (TPSA) is 58.4 Å². The van der Waals surface area contributed by atoms with Gasteiger partial charge < -0.3 is 14.6 Å². The molecular weight excluding hydrogens is 290 g/mol. The zero-order valence-electron chi connectivity index (χ0n) is 13.7. The molecule has 3 rings (SSSR count). The standard InChI is InChI=1S/C18H23N3O2/c1-3-10-21(14-8-9-19-12-14)18(22)15-6-7-16(20-13(15)2)17-5-4-11-23-17/h4-7,11,14,19H,3,8-10,12H2,1-2H3. The molecule has 1 fully saturated rings. The van der Waals surface area contributed by atoms with Crippen molar-refractivity contribution in [2.75, 3.05) is 19.6 Å². The molecule has 0 saturated carbocycles. The van der Waals surface area contributed by atoms with Crippen molar-refractivity contribution < 1.29 is 9.21 Å². The van der Waals surface area contributed by atoms with Crippen LogP contribution in [0, 0.1) is 6.92 Å². The molecule has 0 aliphatic carbocycles. The molecule has 1 aliphatic heterocycles. The number of nitrogens with one attached hydrogen (secondary N) is 1. The number of aromatic nitrogens is 1. The van der Waals surface area contributed by atoms with Gasteiger partial charge in [0, 0.05) is 19.1 Å². The molecule has 1 amide bonds. The summed E-state index contributed by atoms with van der Waals surface area (Å²) in [6.07, 6.45) is 3.60. The Kier molecular flexibility index (Phi) is 4.76. The Hall–Kier alpha value is -2.14. The smallest absolute Gasteiger partial charge is 0.255 e. The average molecular weight is 313 g/mol. The summed E-state index contributed by atoms with van der Waals surface area (Å²) in [5.74, 6) is 0.800. The summed E-state index contributed by atoms with van der Waals surface area (Å²) in [5, 5.41) is 3.34. The van der Waals surface area contributed by atoms with E-state index in [2.05, 4.69) is 17.2 Å². The van der Waals surface area contributed by atoms with Crippen LogP contribution in [0.25, 0.3) is 11.5 Å². The van der Waals surface area contributed by atoms with E-state index >= 15 is 0 Å². The number of carbonyl (C=O) groups is 1. The van der Waals surface area contributed by atoms with E-state index in [1.165, 1.54) is 0 Å². The highest BCUT2D eigenvalue weighted by Crippen LogP contribution is 2.21. The number of aryl methyl sites for hydroxylation is 1. The van der Waals surface area contributed by atoms with E-state index in [1.807, 2.05) is 36.1 Å². The van der Waals surface area contributed by atoms with Crippen molar-refractivity contribution in [1.29, 1.82) is 0 Å². The maximum Gasteiger partial charge on any atom is 0.255 e. The van der Waals surface area contributed by atoms with E-state index in [0.717, 1.165) is 49.6 Å². The van der Waals surface area contributed by atoms with Crippen LogP contribution in [0.3, 0.4) is 0 Å². The quantitative estimate of drug-likeness (QED) is 0.922. The SMILES string of the molecule is CCCN(C(=O)c1ccc(-c2ccco2)nc1C)C1CCNC1. The lowest BCUT2D eigenvalue weighted by atomic mass is 10.1. The molecule has 2 aromatic rings. The van der Waals surface area contributed by atoms with Crippen molar-refractivity contribution in [3.05, 3.63) is 41.8 Å². The van der Waals surface area contributed by atoms with E-state index in [-0.39, 0.29) is 11.9 Å². The fourth-order valence-corrected chi connectivity index (χ4v) is 3.10. The first kappa shape index (κ1) is 15.7. The molecule has 0 bridgehead atoms. The van der Waals surface area contributed by atoms with Gasteiger partial charge in [-0.15, -0.1) is 0 Å². The van der Waals surface area contributed by atoms with Crippen LogP contribution >= 0.6 is 0 Å². The van der Waals surface area contributed by atoms with E-state index in [0.29, 0.717) is 5.56 Å². The van der Waals surface area contributed by atoms with Gasteiger partial charge in [0.1, 0.15) is 5.69 Å². The first-order valence-corrected chi connectivity index (χ1v) is 8.24. The van der Waals surface area contributed by atoms with Gasteiger partial charge in [0.15, 0.2) is 5.76 Å². The van der Waals surface area contributed by atoms with Crippen LogP contribution in [0.2, 0.25) is 0 Å². The molecule has 1 saturated heterocycles. The minimum Gasteiger partial charge on any atom is -0.463 e. The molecule has 1 aliphatic rings. The lowest BCUT2D eigenvalue weighted by Crippen LogP contribution is -2.42. The number of nitrogens with zero attached hydrogens (tertiary/aromatic N) is 2. The summed E-state index contributed by atoms with van der Waals surface area (Å²) < 4.78 is 5.38. The Morgan fingerprint density at radius 3 is 2.91 bits per heavy atom. The summed E-state index contributed by atoms with van der Waals surface area (Å²) in [6, 6.07) is 7.72. The van der Waals surface area contributed by atoms with E-state index in [4.69, 9.17) is 4.42 Å². The van der Waals surface area contributed by atoms with Gasteiger partial charge in [0.05, 0.1) is 17.5 Å². The second-order valence-corrected chi connectivity index (χ2v) is 5.95. The molecule has 0 radical (unpaired) electrons. The van der Waals surface area contributed by atoms with Crippen LogP contribution in [0.4, 0.5) is 0 Å². The predicted molar refractivity (Wildman–Crippen MR) is 89.3 cm³/mol. The van der Waals surface area contributed by atoms with Gasteiger partial charge in [-0.1, -0.05) is 6.92 Å². The van der Waals surface area contributed by atoms with Gasteiger partial charge >= 0.3 is 0 Å². The Balaban J connectivity index is 1.85. The molecule has 0 spiro atoms. The van der Waals surface area contributed by atoms with Gasteiger partial charge in [-0.3, -0.25) is 4.79 Å². The van der Waals surface area contributed by atoms with E-state index in [9.17, 15) is 4.79 Å². The maximum atomic E-state index is 13.0. The Morgan fingerprint density at radius 2 is 2.30 bits per heavy atom. The summed E-state index contributed by atoms with van der Waals surface area (Å²) in [7, 11) is 0. The second-order valence-electron chi connectivity index (χ2n) is 5.95. The highest BCUT2D eigenvalue weighted by Gasteiger charge is 2.27. The number of furan rings is 1. The Morgan fingerprint density at radius 1 is 1.43 bits per heavy atom. The maximum absolute atomic E-state index is 13.0. The number of pyridine rings is 1. The first-order chi connectivity index (χ1) is 11.2. The highest BCUT2D eigenvalue weighted by atomic mass is 16.3. The molecule has 1 N–H and O–H groups in total. The molecule has 5 heteroatoms. The number of hydrogen-bond acceptors (Lipinski definition) is 4. The van der Waals surface area contributed by atoms with Gasteiger partial charge in [-0.25, -0.2) is 4.98 Å². The average Bonchev–Trinajstić information content (AvgIpc) is 3.25. The second kappa shape index (κ2) is 6.96. The number of hydrogen-bond donors (Lipinski definition) is 1. The third kappa shape index (κ3) is 3.29. The largest absolute Gasteiger partial charge is 0.463 e. The lowest BCUT2D eigenvalue weighted by Gasteiger charge is -2.28. The zero-order valence-corrected chi connectivity index (χ0v) is 13.7. The number of rotatable bonds is 5. The minimum absolute atomic E-state index is 0.0801. The third-order valence-electron chi connectivity index (χ3n) is 4.29. The molecule has 2 aromatic heterocycles. The van der Waals surface area contributed by atoms with Crippen LogP contribution in [-0.4, -0.2) is 41.5 Å². The molecule has 0 aromatic carbocycles. The van der Waals surface area contributed by atoms with Crippen LogP contribution < -0.4 is 5.32 Å². The monoisotopic (exact) mass is 313 g/mol. The molecule has 23 heavy (non-hydrogen) atoms. The fourth-order valence-electron chi connectivity index (χ4n) is 3.10. The predicted octanol–water partition coefficient (Wildman–Crippen LogP) is 2.86. The zero-order chi connectivity index (χ0) is 16.2. The van der Waals surface area contributed by atoms with Gasteiger partial charge in [-0.2, -0.15) is 0 Å². The van der Waals surface area contributed by atoms with Crippen molar-refractivity contribution in [3.63, 3.8) is 0 Å². The molecule has 5 nitrogen and oxygen atoms in total.